The van der Waals surface area contributed by atoms with Crippen molar-refractivity contribution in [3.63, 3.8) is 0 Å². The maximum atomic E-state index is 11.1. The van der Waals surface area contributed by atoms with Crippen molar-refractivity contribution in [2.75, 3.05) is 0 Å². The topological polar surface area (TPSA) is 75.2 Å². The van der Waals surface area contributed by atoms with Gasteiger partial charge in [0.05, 0.1) is 5.69 Å². The molecule has 0 fully saturated rings. The molecule has 4 aromatic rings. The summed E-state index contributed by atoms with van der Waals surface area (Å²) in [4.78, 5) is 35.1. The van der Waals surface area contributed by atoms with E-state index in [4.69, 9.17) is 9.98 Å². The molecule has 0 amide bonds. The summed E-state index contributed by atoms with van der Waals surface area (Å²) in [6, 6.07) is 16.2. The van der Waals surface area contributed by atoms with Gasteiger partial charge in [-0.2, -0.15) is 0 Å². The fourth-order valence-corrected chi connectivity index (χ4v) is 8.05. The van der Waals surface area contributed by atoms with Gasteiger partial charge in [-0.05, 0) is 115 Å². The Kier molecular flexibility index (Phi) is 5.15. The van der Waals surface area contributed by atoms with Gasteiger partial charge >= 0.3 is 0 Å². The Morgan fingerprint density at radius 1 is 0.763 bits per heavy atom. The third kappa shape index (κ3) is 3.38. The first-order valence-corrected chi connectivity index (χ1v) is 15.4. The van der Waals surface area contributed by atoms with E-state index in [1.165, 1.54) is 72.2 Å². The number of H-pyrrole nitrogens is 1. The molecule has 1 N–H and O–H groups in total. The molecule has 38 heavy (non-hydrogen) atoms. The zero-order valence-corrected chi connectivity index (χ0v) is 22.8. The molecule has 0 spiro atoms. The van der Waals surface area contributed by atoms with Crippen molar-refractivity contribution in [3.05, 3.63) is 75.6 Å². The highest BCUT2D eigenvalue weighted by Gasteiger charge is 2.28. The van der Waals surface area contributed by atoms with Crippen molar-refractivity contribution >= 4 is 56.6 Å². The number of rotatable bonds is 4. The van der Waals surface area contributed by atoms with E-state index in [9.17, 15) is 9.59 Å². The number of fused-ring (bicyclic) bond motifs is 10. The SMILES string of the molecule is O=CPC1=NC2=C(C1)c1ccc3cc4c(cc3c1CC2)CCc1cc2c(cc1-4)CCc1[nH]c(PC=O)nc1-2. The number of aromatic nitrogens is 2. The molecule has 0 radical (unpaired) electrons. The van der Waals surface area contributed by atoms with E-state index in [2.05, 4.69) is 41.4 Å². The van der Waals surface area contributed by atoms with E-state index in [0.717, 1.165) is 73.7 Å². The molecule has 186 valence electrons. The minimum atomic E-state index is 0.0785. The van der Waals surface area contributed by atoms with Crippen LogP contribution in [0, 0.1) is 0 Å². The number of allylic oxidation sites excluding steroid dienone is 2. The Bertz CT molecular complexity index is 1800. The monoisotopic (exact) mass is 533 g/mol. The highest BCUT2D eigenvalue weighted by Crippen LogP contribution is 2.46. The normalized spacial score (nSPS) is 17.3. The van der Waals surface area contributed by atoms with E-state index in [1.54, 1.807) is 0 Å². The molecule has 0 saturated heterocycles. The van der Waals surface area contributed by atoms with Crippen LogP contribution >= 0.6 is 17.2 Å². The summed E-state index contributed by atoms with van der Waals surface area (Å²) in [6.07, 6.45) is 6.78. The number of aryl methyl sites for hydroxylation is 5. The molecule has 3 aromatic carbocycles. The molecule has 1 aromatic heterocycles. The summed E-state index contributed by atoms with van der Waals surface area (Å²) in [5.74, 6) is 0. The van der Waals surface area contributed by atoms with Crippen LogP contribution in [0.25, 0.3) is 38.7 Å². The first kappa shape index (κ1) is 22.7. The maximum absolute atomic E-state index is 11.1. The third-order valence-corrected chi connectivity index (χ3v) is 10.0. The second-order valence-corrected chi connectivity index (χ2v) is 12.7. The Hall–Kier alpha value is -3.26. The quantitative estimate of drug-likeness (QED) is 0.262. The van der Waals surface area contributed by atoms with Gasteiger partial charge in [0.15, 0.2) is 0 Å². The van der Waals surface area contributed by atoms with Crippen LogP contribution < -0.4 is 5.57 Å². The number of hydrogen-bond acceptors (Lipinski definition) is 4. The zero-order valence-electron chi connectivity index (χ0n) is 20.8. The van der Waals surface area contributed by atoms with Crippen molar-refractivity contribution < 1.29 is 9.59 Å². The van der Waals surface area contributed by atoms with Crippen LogP contribution in [0.2, 0.25) is 0 Å². The van der Waals surface area contributed by atoms with Gasteiger partial charge in [0.2, 0.25) is 0 Å². The molecule has 3 aliphatic carbocycles. The van der Waals surface area contributed by atoms with Crippen molar-refractivity contribution in [3.8, 4) is 22.4 Å². The zero-order chi connectivity index (χ0) is 25.4. The van der Waals surface area contributed by atoms with Gasteiger partial charge in [-0.25, -0.2) is 4.98 Å². The molecular weight excluding hydrogens is 508 g/mol. The average Bonchev–Trinajstić information content (AvgIpc) is 3.55. The van der Waals surface area contributed by atoms with Crippen molar-refractivity contribution in [2.24, 2.45) is 4.99 Å². The number of aromatic amines is 1. The van der Waals surface area contributed by atoms with E-state index in [0.29, 0.717) is 0 Å². The lowest BCUT2D eigenvalue weighted by Crippen LogP contribution is -2.10. The van der Waals surface area contributed by atoms with Crippen LogP contribution in [0.4, 0.5) is 0 Å². The van der Waals surface area contributed by atoms with Crippen LogP contribution in [-0.4, -0.2) is 27.5 Å². The van der Waals surface area contributed by atoms with Crippen LogP contribution in [0.3, 0.4) is 0 Å². The maximum Gasteiger partial charge on any atom is 0.146 e. The molecular formula is C31H25N3O2P2. The fraction of sp³-hybridized carbons (Fsp3) is 0.226. The summed E-state index contributed by atoms with van der Waals surface area (Å²) in [5.41, 5.74) is 17.5. The molecule has 1 aliphatic heterocycles. The van der Waals surface area contributed by atoms with Crippen LogP contribution in [0.5, 0.6) is 0 Å². The molecule has 7 heteroatoms. The Morgan fingerprint density at radius 2 is 1.53 bits per heavy atom. The number of aliphatic imine (C=N–C) groups is 1. The standard InChI is InChI=1S/C31H25N3O2P2/c35-14-37-29-13-26-21-5-3-18-10-23-16(9-22(18)20(21)6-8-27(26)32-29)1-2-17-12-25-19(11-24(17)23)4-7-28-30(25)34-31(33-28)38-15-36/h3,5,9-12,14-15,37-38H,1-2,4,6-8,13H2,(H,33,34). The van der Waals surface area contributed by atoms with E-state index in [-0.39, 0.29) is 17.2 Å². The third-order valence-electron chi connectivity index (χ3n) is 8.64. The summed E-state index contributed by atoms with van der Waals surface area (Å²) in [6.45, 7) is 0. The summed E-state index contributed by atoms with van der Waals surface area (Å²) in [7, 11) is 0.259. The lowest BCUT2D eigenvalue weighted by Gasteiger charge is -2.26. The number of hydrogen-bond donors (Lipinski definition) is 1. The van der Waals surface area contributed by atoms with Gasteiger partial charge < -0.3 is 4.98 Å². The Morgan fingerprint density at radius 3 is 2.39 bits per heavy atom. The minimum absolute atomic E-state index is 0.0785. The summed E-state index contributed by atoms with van der Waals surface area (Å²) < 4.78 is 0. The summed E-state index contributed by atoms with van der Waals surface area (Å²) in [5, 5.41) is 2.69. The van der Waals surface area contributed by atoms with Crippen LogP contribution in [0.1, 0.15) is 46.4 Å². The number of benzene rings is 3. The Balaban J connectivity index is 1.21. The molecule has 4 aliphatic rings. The smallest absolute Gasteiger partial charge is 0.146 e. The predicted octanol–water partition coefficient (Wildman–Crippen LogP) is 5.92. The highest BCUT2D eigenvalue weighted by molar-refractivity contribution is 7.72. The first-order chi connectivity index (χ1) is 18.7. The van der Waals surface area contributed by atoms with Crippen LogP contribution in [0.15, 0.2) is 47.1 Å². The molecule has 2 atom stereocenters. The number of carbonyl (C=O) groups excluding carboxylic acids is 2. The lowest BCUT2D eigenvalue weighted by molar-refractivity contribution is 0.569. The van der Waals surface area contributed by atoms with Crippen molar-refractivity contribution in [1.29, 1.82) is 0 Å². The van der Waals surface area contributed by atoms with Gasteiger partial charge in [-0.1, -0.05) is 24.3 Å². The Labute approximate surface area is 223 Å². The molecule has 0 bridgehead atoms. The molecule has 2 heterocycles. The average molecular weight is 534 g/mol. The molecule has 0 saturated carbocycles. The van der Waals surface area contributed by atoms with E-state index >= 15 is 0 Å². The predicted molar refractivity (Wildman–Crippen MR) is 159 cm³/mol. The minimum Gasteiger partial charge on any atom is -0.341 e. The molecule has 8 rings (SSSR count). The van der Waals surface area contributed by atoms with Crippen molar-refractivity contribution in [1.82, 2.24) is 9.97 Å². The van der Waals surface area contributed by atoms with Gasteiger partial charge in [-0.3, -0.25) is 14.6 Å². The molecule has 2 unspecified atom stereocenters. The first-order valence-electron chi connectivity index (χ1n) is 13.2. The number of nitrogens with one attached hydrogen (secondary N) is 1. The fourth-order valence-electron chi connectivity index (χ4n) is 6.92. The summed E-state index contributed by atoms with van der Waals surface area (Å²) >= 11 is 0. The number of nitrogens with zero attached hydrogens (tertiary/aromatic N) is 2. The van der Waals surface area contributed by atoms with Gasteiger partial charge in [0.1, 0.15) is 17.6 Å². The van der Waals surface area contributed by atoms with E-state index < -0.39 is 0 Å². The second kappa shape index (κ2) is 8.63. The highest BCUT2D eigenvalue weighted by atomic mass is 31.1. The van der Waals surface area contributed by atoms with E-state index in [1.807, 2.05) is 0 Å². The largest absolute Gasteiger partial charge is 0.341 e. The van der Waals surface area contributed by atoms with Gasteiger partial charge in [0, 0.05) is 37.4 Å². The van der Waals surface area contributed by atoms with Crippen LogP contribution in [-0.2, 0) is 41.7 Å². The lowest BCUT2D eigenvalue weighted by atomic mass is 9.78. The number of carbonyl (C=O) groups is 2. The van der Waals surface area contributed by atoms with Gasteiger partial charge in [-0.15, -0.1) is 0 Å². The molecule has 5 nitrogen and oxygen atoms in total. The van der Waals surface area contributed by atoms with Gasteiger partial charge in [0.25, 0.3) is 0 Å². The number of imidazole rings is 1. The second-order valence-electron chi connectivity index (χ2n) is 10.6. The van der Waals surface area contributed by atoms with Crippen molar-refractivity contribution in [2.45, 2.75) is 44.9 Å².